The molecule has 0 amide bonds. The molecule has 0 spiro atoms. The lowest BCUT2D eigenvalue weighted by molar-refractivity contribution is 0.612. The van der Waals surface area contributed by atoms with Crippen LogP contribution in [0.5, 0.6) is 0 Å². The Kier molecular flexibility index (Phi) is 3.39. The first-order chi connectivity index (χ1) is 10.6. The maximum atomic E-state index is 6.22. The Bertz CT molecular complexity index is 808. The highest BCUT2D eigenvalue weighted by atomic mass is 35.5. The number of benzene rings is 2. The molecular formula is C18H16Cl2N2. The van der Waals surface area contributed by atoms with Crippen molar-refractivity contribution in [2.24, 2.45) is 5.92 Å². The third kappa shape index (κ3) is 2.62. The minimum absolute atomic E-state index is 0.308. The predicted octanol–water partition coefficient (Wildman–Crippen LogP) is 4.82. The van der Waals surface area contributed by atoms with Gasteiger partial charge in [0.2, 0.25) is 0 Å². The lowest BCUT2D eigenvalue weighted by Crippen LogP contribution is -2.08. The Balaban J connectivity index is 1.73. The largest absolute Gasteiger partial charge is 0.327 e. The van der Waals surface area contributed by atoms with Gasteiger partial charge in [-0.3, -0.25) is 0 Å². The second-order valence-electron chi connectivity index (χ2n) is 5.95. The number of aromatic nitrogens is 2. The van der Waals surface area contributed by atoms with Crippen LogP contribution in [0.3, 0.4) is 0 Å². The van der Waals surface area contributed by atoms with Crippen molar-refractivity contribution in [2.45, 2.75) is 23.7 Å². The van der Waals surface area contributed by atoms with Crippen LogP contribution in [-0.2, 0) is 13.0 Å². The highest BCUT2D eigenvalue weighted by Crippen LogP contribution is 2.54. The molecule has 3 aromatic rings. The topological polar surface area (TPSA) is 17.8 Å². The summed E-state index contributed by atoms with van der Waals surface area (Å²) < 4.78 is 1.72. The molecule has 4 heteroatoms. The zero-order valence-electron chi connectivity index (χ0n) is 12.0. The Morgan fingerprint density at radius 2 is 1.73 bits per heavy atom. The van der Waals surface area contributed by atoms with Crippen LogP contribution in [0.4, 0.5) is 0 Å². The van der Waals surface area contributed by atoms with Gasteiger partial charge >= 0.3 is 0 Å². The summed E-state index contributed by atoms with van der Waals surface area (Å²) in [4.78, 5) is 4.81. The van der Waals surface area contributed by atoms with Crippen LogP contribution in [-0.4, -0.2) is 13.9 Å². The summed E-state index contributed by atoms with van der Waals surface area (Å²) in [6.45, 7) is 0.829. The van der Waals surface area contributed by atoms with Gasteiger partial charge in [-0.1, -0.05) is 42.5 Å². The molecule has 1 saturated carbocycles. The highest BCUT2D eigenvalue weighted by Gasteiger charge is 2.51. The number of hydrogen-bond acceptors (Lipinski definition) is 1. The minimum Gasteiger partial charge on any atom is -0.327 e. The van der Waals surface area contributed by atoms with E-state index in [0.717, 1.165) is 36.2 Å². The molecular weight excluding hydrogens is 315 g/mol. The maximum absolute atomic E-state index is 6.22. The lowest BCUT2D eigenvalue weighted by atomic mass is 10.1. The Labute approximate surface area is 139 Å². The predicted molar refractivity (Wildman–Crippen MR) is 91.5 cm³/mol. The normalized spacial score (nSPS) is 19.5. The van der Waals surface area contributed by atoms with Crippen LogP contribution < -0.4 is 0 Å². The van der Waals surface area contributed by atoms with Gasteiger partial charge in [0.1, 0.15) is 10.2 Å². The van der Waals surface area contributed by atoms with Gasteiger partial charge in [-0.2, -0.15) is 0 Å². The summed E-state index contributed by atoms with van der Waals surface area (Å²) in [5.74, 6) is 1.38. The van der Waals surface area contributed by atoms with Crippen LogP contribution in [0.25, 0.3) is 11.0 Å². The molecule has 22 heavy (non-hydrogen) atoms. The molecule has 112 valence electrons. The fourth-order valence-corrected chi connectivity index (χ4v) is 3.44. The van der Waals surface area contributed by atoms with Gasteiger partial charge in [0.05, 0.1) is 11.0 Å². The SMILES string of the molecule is ClC1(Cl)CC1Cn1c(Cc2ccccc2)nc2ccccc21. The van der Waals surface area contributed by atoms with E-state index in [-0.39, 0.29) is 0 Å². The number of rotatable bonds is 4. The van der Waals surface area contributed by atoms with Gasteiger partial charge < -0.3 is 4.57 Å². The molecule has 0 aliphatic heterocycles. The number of nitrogens with zero attached hydrogens (tertiary/aromatic N) is 2. The zero-order valence-corrected chi connectivity index (χ0v) is 13.6. The number of hydrogen-bond donors (Lipinski definition) is 0. The van der Waals surface area contributed by atoms with Crippen LogP contribution in [0.15, 0.2) is 54.6 Å². The quantitative estimate of drug-likeness (QED) is 0.627. The Morgan fingerprint density at radius 3 is 2.45 bits per heavy atom. The number of fused-ring (bicyclic) bond motifs is 1. The van der Waals surface area contributed by atoms with Gasteiger partial charge in [0.15, 0.2) is 0 Å². The molecule has 0 radical (unpaired) electrons. The van der Waals surface area contributed by atoms with Gasteiger partial charge in [-0.15, -0.1) is 23.2 Å². The molecule has 0 bridgehead atoms. The van der Waals surface area contributed by atoms with Crippen LogP contribution >= 0.6 is 23.2 Å². The van der Waals surface area contributed by atoms with E-state index in [1.165, 1.54) is 5.56 Å². The van der Waals surface area contributed by atoms with Crippen molar-refractivity contribution in [2.75, 3.05) is 0 Å². The van der Waals surface area contributed by atoms with E-state index >= 15 is 0 Å². The van der Waals surface area contributed by atoms with Crippen molar-refractivity contribution in [3.63, 3.8) is 0 Å². The van der Waals surface area contributed by atoms with Gasteiger partial charge in [-0.25, -0.2) is 4.98 Å². The number of alkyl halides is 2. The van der Waals surface area contributed by atoms with E-state index in [1.54, 1.807) is 0 Å². The first kappa shape index (κ1) is 14.1. The number of imidazole rings is 1. The molecule has 1 fully saturated rings. The van der Waals surface area contributed by atoms with E-state index in [2.05, 4.69) is 41.0 Å². The smallest absolute Gasteiger partial charge is 0.123 e. The van der Waals surface area contributed by atoms with Crippen molar-refractivity contribution >= 4 is 34.2 Å². The summed E-state index contributed by atoms with van der Waals surface area (Å²) in [5.41, 5.74) is 3.45. The average Bonchev–Trinajstić information content (AvgIpc) is 2.97. The van der Waals surface area contributed by atoms with E-state index in [4.69, 9.17) is 28.2 Å². The first-order valence-corrected chi connectivity index (χ1v) is 8.25. The molecule has 1 aromatic heterocycles. The van der Waals surface area contributed by atoms with Gasteiger partial charge in [0.25, 0.3) is 0 Å². The van der Waals surface area contributed by atoms with Crippen molar-refractivity contribution in [3.8, 4) is 0 Å². The summed E-state index contributed by atoms with van der Waals surface area (Å²) in [5, 5.41) is 0. The highest BCUT2D eigenvalue weighted by molar-refractivity contribution is 6.50. The standard InChI is InChI=1S/C18H16Cl2N2/c19-18(20)11-14(18)12-22-16-9-5-4-8-15(16)21-17(22)10-13-6-2-1-3-7-13/h1-9,14H,10-12H2. The molecule has 0 N–H and O–H groups in total. The van der Waals surface area contributed by atoms with Crippen LogP contribution in [0.2, 0.25) is 0 Å². The lowest BCUT2D eigenvalue weighted by Gasteiger charge is -2.09. The summed E-state index contributed by atoms with van der Waals surface area (Å²) in [6.07, 6.45) is 1.67. The summed E-state index contributed by atoms with van der Waals surface area (Å²) >= 11 is 12.4. The molecule has 1 unspecified atom stereocenters. The monoisotopic (exact) mass is 330 g/mol. The Morgan fingerprint density at radius 1 is 1.05 bits per heavy atom. The van der Waals surface area contributed by atoms with E-state index in [0.29, 0.717) is 5.92 Å². The fourth-order valence-electron chi connectivity index (χ4n) is 2.93. The molecule has 0 saturated heterocycles. The van der Waals surface area contributed by atoms with Gasteiger partial charge in [0, 0.05) is 18.9 Å². The Hall–Kier alpha value is -1.51. The third-order valence-corrected chi connectivity index (χ3v) is 5.22. The van der Waals surface area contributed by atoms with E-state index in [1.807, 2.05) is 18.2 Å². The van der Waals surface area contributed by atoms with E-state index < -0.39 is 4.33 Å². The molecule has 2 nitrogen and oxygen atoms in total. The van der Waals surface area contributed by atoms with Crippen molar-refractivity contribution in [1.29, 1.82) is 0 Å². The van der Waals surface area contributed by atoms with Crippen LogP contribution in [0.1, 0.15) is 17.8 Å². The second kappa shape index (κ2) is 5.29. The molecule has 2 aromatic carbocycles. The van der Waals surface area contributed by atoms with E-state index in [9.17, 15) is 0 Å². The number of para-hydroxylation sites is 2. The zero-order chi connectivity index (χ0) is 15.2. The van der Waals surface area contributed by atoms with Gasteiger partial charge in [-0.05, 0) is 24.1 Å². The van der Waals surface area contributed by atoms with Crippen molar-refractivity contribution < 1.29 is 0 Å². The fraction of sp³-hybridized carbons (Fsp3) is 0.278. The van der Waals surface area contributed by atoms with Crippen LogP contribution in [0, 0.1) is 5.92 Å². The molecule has 1 heterocycles. The van der Waals surface area contributed by atoms with Crippen molar-refractivity contribution in [1.82, 2.24) is 9.55 Å². The molecule has 1 aliphatic rings. The average molecular weight is 331 g/mol. The molecule has 1 atom stereocenters. The summed E-state index contributed by atoms with van der Waals surface area (Å²) in [6, 6.07) is 18.7. The minimum atomic E-state index is -0.560. The second-order valence-corrected chi connectivity index (χ2v) is 7.49. The first-order valence-electron chi connectivity index (χ1n) is 7.49. The van der Waals surface area contributed by atoms with Crippen molar-refractivity contribution in [3.05, 3.63) is 66.0 Å². The maximum Gasteiger partial charge on any atom is 0.123 e. The molecule has 1 aliphatic carbocycles. The third-order valence-electron chi connectivity index (χ3n) is 4.30. The molecule has 4 rings (SSSR count). The summed E-state index contributed by atoms with van der Waals surface area (Å²) in [7, 11) is 0. The number of halogens is 2.